The molecule has 3 N–H and O–H groups in total. The molecule has 1 aliphatic heterocycles. The van der Waals surface area contributed by atoms with Gasteiger partial charge >= 0.3 is 0 Å². The summed E-state index contributed by atoms with van der Waals surface area (Å²) in [6.07, 6.45) is 0. The van der Waals surface area contributed by atoms with Crippen LogP contribution in [0, 0.1) is 40.9 Å². The minimum absolute atomic E-state index is 0.00219. The van der Waals surface area contributed by atoms with Crippen molar-refractivity contribution in [2.24, 2.45) is 46.8 Å². The van der Waals surface area contributed by atoms with Crippen LogP contribution in [0.25, 0.3) is 0 Å². The third-order valence-corrected chi connectivity index (χ3v) is 8.77. The molecular formula is C12H13BrN2O3. The lowest BCUT2D eigenvalue weighted by Gasteiger charge is -2.90. The van der Waals surface area contributed by atoms with Gasteiger partial charge in [0.05, 0.1) is 23.0 Å². The molecule has 5 nitrogen and oxygen atoms in total. The van der Waals surface area contributed by atoms with Gasteiger partial charge in [-0.1, -0.05) is 15.9 Å². The van der Waals surface area contributed by atoms with Crippen LogP contribution in [0.15, 0.2) is 0 Å². The van der Waals surface area contributed by atoms with Gasteiger partial charge in [-0.05, 0) is 29.6 Å². The van der Waals surface area contributed by atoms with Crippen LogP contribution in [-0.2, 0) is 14.3 Å². The Morgan fingerprint density at radius 2 is 1.67 bits per heavy atom. The average molecular weight is 313 g/mol. The zero-order valence-corrected chi connectivity index (χ0v) is 11.1. The van der Waals surface area contributed by atoms with E-state index in [0.717, 1.165) is 0 Å². The van der Waals surface area contributed by atoms with E-state index < -0.39 is 5.79 Å². The molecule has 8 atom stereocenters. The van der Waals surface area contributed by atoms with Gasteiger partial charge in [0.1, 0.15) is 0 Å². The molecule has 96 valence electrons. The van der Waals surface area contributed by atoms with E-state index in [1.54, 1.807) is 0 Å². The summed E-state index contributed by atoms with van der Waals surface area (Å²) in [6, 6.07) is 0. The fraction of sp³-hybridized carbons (Fsp3) is 0.917. The van der Waals surface area contributed by atoms with E-state index in [1.807, 2.05) is 0 Å². The van der Waals surface area contributed by atoms with Crippen LogP contribution in [0.2, 0.25) is 0 Å². The van der Waals surface area contributed by atoms with Crippen molar-refractivity contribution in [1.29, 1.82) is 0 Å². The Labute approximate surface area is 112 Å². The second-order valence-electron chi connectivity index (χ2n) is 6.69. The van der Waals surface area contributed by atoms with Gasteiger partial charge in [-0.15, -0.1) is 0 Å². The first-order chi connectivity index (χ1) is 8.67. The molecule has 1 amide bonds. The van der Waals surface area contributed by atoms with Gasteiger partial charge in [0.2, 0.25) is 5.91 Å². The number of alkyl halides is 1. The Bertz CT molecular complexity index is 511. The number of carbonyl (C=O) groups is 1. The number of nitrogens with two attached hydrogens (primary N) is 1. The Morgan fingerprint density at radius 3 is 2.22 bits per heavy atom. The molecule has 0 radical (unpaired) electrons. The largest absolute Gasteiger partial charge is 0.346 e. The zero-order chi connectivity index (χ0) is 12.1. The second kappa shape index (κ2) is 2.20. The quantitative estimate of drug-likeness (QED) is 0.299. The van der Waals surface area contributed by atoms with E-state index in [2.05, 4.69) is 21.4 Å². The first kappa shape index (κ1) is 9.69. The minimum Gasteiger partial charge on any atom is -0.346 e. The fourth-order valence-electron chi connectivity index (χ4n) is 7.20. The molecule has 1 saturated heterocycles. The van der Waals surface area contributed by atoms with Crippen molar-refractivity contribution in [3.8, 4) is 0 Å². The lowest BCUT2D eigenvalue weighted by atomic mass is 9.13. The molecule has 4 unspecified atom stereocenters. The molecule has 7 aliphatic rings. The summed E-state index contributed by atoms with van der Waals surface area (Å²) in [4.78, 5) is 12.1. The monoisotopic (exact) mass is 312 g/mol. The predicted molar refractivity (Wildman–Crippen MR) is 62.0 cm³/mol. The summed E-state index contributed by atoms with van der Waals surface area (Å²) < 4.78 is 12.1. The molecule has 0 aromatic rings. The number of hydrogen-bond acceptors (Lipinski definition) is 4. The number of rotatable bonds is 1. The first-order valence-corrected chi connectivity index (χ1v) is 7.44. The minimum atomic E-state index is -0.428. The van der Waals surface area contributed by atoms with Gasteiger partial charge in [0.25, 0.3) is 0 Å². The number of halogens is 1. The maximum absolute atomic E-state index is 12.1. The van der Waals surface area contributed by atoms with Crippen molar-refractivity contribution in [3.05, 3.63) is 0 Å². The van der Waals surface area contributed by atoms with Crippen LogP contribution < -0.4 is 11.3 Å². The first-order valence-electron chi connectivity index (χ1n) is 6.65. The molecular weight excluding hydrogens is 300 g/mol. The maximum Gasteiger partial charge on any atom is 0.241 e. The summed E-state index contributed by atoms with van der Waals surface area (Å²) >= 11 is 3.96. The topological polar surface area (TPSA) is 73.6 Å². The normalized spacial score (nSPS) is 69.9. The smallest absolute Gasteiger partial charge is 0.241 e. The van der Waals surface area contributed by atoms with E-state index in [1.165, 1.54) is 0 Å². The highest BCUT2D eigenvalue weighted by atomic mass is 79.9. The molecule has 18 heavy (non-hydrogen) atoms. The number of nitrogens with one attached hydrogen (secondary N) is 1. The van der Waals surface area contributed by atoms with Crippen molar-refractivity contribution in [2.75, 3.05) is 13.2 Å². The van der Waals surface area contributed by atoms with Gasteiger partial charge < -0.3 is 9.47 Å². The van der Waals surface area contributed by atoms with E-state index in [-0.39, 0.29) is 15.6 Å². The summed E-state index contributed by atoms with van der Waals surface area (Å²) in [7, 11) is 0. The maximum atomic E-state index is 12.1. The average Bonchev–Trinajstić information content (AvgIpc) is 2.89. The fourth-order valence-corrected chi connectivity index (χ4v) is 8.83. The van der Waals surface area contributed by atoms with Crippen LogP contribution in [0.4, 0.5) is 0 Å². The summed E-state index contributed by atoms with van der Waals surface area (Å²) in [5, 5.41) is 0. The lowest BCUT2D eigenvalue weighted by molar-refractivity contribution is -0.416. The molecule has 6 saturated carbocycles. The standard InChI is InChI=1S/C12H13BrN2O3/c13-11-6-3-7(11)5-8(12(11)17-1-2-18-12)4(6)10(3,5)9(16)15-14/h3-8H,1-2,14H2,(H,15,16)/t3?,4-,5-,6-,7+,8?,10?,11?/m0/s1. The number of ether oxygens (including phenoxy) is 2. The third kappa shape index (κ3) is 0.473. The predicted octanol–water partition coefficient (Wildman–Crippen LogP) is -0.395. The molecule has 0 aromatic heterocycles. The van der Waals surface area contributed by atoms with Gasteiger partial charge in [0, 0.05) is 5.92 Å². The van der Waals surface area contributed by atoms with E-state index >= 15 is 0 Å². The number of carbonyl (C=O) groups excluding carboxylic acids is 1. The molecule has 1 spiro atoms. The van der Waals surface area contributed by atoms with Crippen LogP contribution in [0.3, 0.4) is 0 Å². The SMILES string of the molecule is NNC(=O)C12C3[C@@H]4[C@H]1C1[C@@H]2[C@H]3C4(Br)C12OCCO2. The molecule has 1 heterocycles. The number of hydrogen-bond donors (Lipinski definition) is 2. The summed E-state index contributed by atoms with van der Waals surface area (Å²) in [5.74, 6) is 7.92. The van der Waals surface area contributed by atoms with Crippen molar-refractivity contribution in [1.82, 2.24) is 5.43 Å². The Balaban J connectivity index is 1.53. The van der Waals surface area contributed by atoms with Crippen molar-refractivity contribution < 1.29 is 14.3 Å². The molecule has 6 aliphatic carbocycles. The van der Waals surface area contributed by atoms with Gasteiger partial charge in [-0.3, -0.25) is 10.2 Å². The lowest BCUT2D eigenvalue weighted by Crippen LogP contribution is -2.94. The van der Waals surface area contributed by atoms with Crippen LogP contribution in [0.5, 0.6) is 0 Å². The number of hydrazine groups is 1. The molecule has 7 fully saturated rings. The second-order valence-corrected chi connectivity index (χ2v) is 8.01. The molecule has 0 aromatic carbocycles. The summed E-state index contributed by atoms with van der Waals surface area (Å²) in [5.41, 5.74) is 2.24. The van der Waals surface area contributed by atoms with Crippen molar-refractivity contribution in [3.63, 3.8) is 0 Å². The van der Waals surface area contributed by atoms with Gasteiger partial charge in [0.15, 0.2) is 5.79 Å². The van der Waals surface area contributed by atoms with E-state index in [9.17, 15) is 4.79 Å². The highest BCUT2D eigenvalue weighted by Crippen LogP contribution is 3.04. The molecule has 7 rings (SSSR count). The van der Waals surface area contributed by atoms with Crippen LogP contribution in [-0.4, -0.2) is 29.2 Å². The van der Waals surface area contributed by atoms with Gasteiger partial charge in [-0.25, -0.2) is 5.84 Å². The zero-order valence-electron chi connectivity index (χ0n) is 9.56. The molecule has 6 heteroatoms. The highest BCUT2D eigenvalue weighted by Gasteiger charge is 3.10. The van der Waals surface area contributed by atoms with Crippen LogP contribution in [0.1, 0.15) is 0 Å². The Morgan fingerprint density at radius 1 is 1.11 bits per heavy atom. The van der Waals surface area contributed by atoms with E-state index in [4.69, 9.17) is 15.3 Å². The Hall–Kier alpha value is -0.170. The van der Waals surface area contributed by atoms with Gasteiger partial charge in [-0.2, -0.15) is 0 Å². The van der Waals surface area contributed by atoms with Crippen molar-refractivity contribution >= 4 is 21.8 Å². The van der Waals surface area contributed by atoms with Crippen LogP contribution >= 0.6 is 15.9 Å². The molecule has 2 bridgehead atoms. The Kier molecular flexibility index (Phi) is 1.18. The third-order valence-electron chi connectivity index (χ3n) is 7.16. The van der Waals surface area contributed by atoms with Crippen molar-refractivity contribution in [2.45, 2.75) is 10.1 Å². The number of amides is 1. The summed E-state index contributed by atoms with van der Waals surface area (Å²) in [6.45, 7) is 1.37. The van der Waals surface area contributed by atoms with E-state index in [0.29, 0.717) is 48.7 Å². The highest BCUT2D eigenvalue weighted by molar-refractivity contribution is 9.10.